The lowest BCUT2D eigenvalue weighted by Gasteiger charge is -2.44. The summed E-state index contributed by atoms with van der Waals surface area (Å²) < 4.78 is 39.0. The van der Waals surface area contributed by atoms with Crippen LogP contribution in [0.2, 0.25) is 5.02 Å². The Morgan fingerprint density at radius 3 is 2.28 bits per heavy atom. The second-order valence-corrected chi connectivity index (χ2v) is 8.35. The first kappa shape index (κ1) is 21.9. The quantitative estimate of drug-likeness (QED) is 0.652. The molecular formula is C23H25ClF3NO. The highest BCUT2D eigenvalue weighted by Gasteiger charge is 2.44. The second kappa shape index (κ2) is 8.50. The van der Waals surface area contributed by atoms with E-state index in [0.717, 1.165) is 36.1 Å². The summed E-state index contributed by atoms with van der Waals surface area (Å²) in [4.78, 5) is 2.00. The Balaban J connectivity index is 2.07. The summed E-state index contributed by atoms with van der Waals surface area (Å²) in [7, 11) is 3.87. The molecule has 2 atom stereocenters. The molecule has 0 spiro atoms. The third-order valence-electron chi connectivity index (χ3n) is 5.53. The third kappa shape index (κ3) is 4.85. The van der Waals surface area contributed by atoms with E-state index in [1.54, 1.807) is 12.1 Å². The van der Waals surface area contributed by atoms with E-state index in [-0.39, 0.29) is 5.92 Å². The summed E-state index contributed by atoms with van der Waals surface area (Å²) in [6.07, 6.45) is -0.0623. The molecule has 0 bridgehead atoms. The third-order valence-corrected chi connectivity index (χ3v) is 5.78. The number of hydrogen-bond donors (Lipinski definition) is 1. The van der Waals surface area contributed by atoms with Crippen molar-refractivity contribution >= 4 is 17.7 Å². The zero-order valence-electron chi connectivity index (χ0n) is 16.5. The van der Waals surface area contributed by atoms with Crippen molar-refractivity contribution in [1.82, 2.24) is 4.90 Å². The van der Waals surface area contributed by atoms with Gasteiger partial charge < -0.3 is 10.0 Å². The molecule has 6 heteroatoms. The number of benzene rings is 2. The molecule has 0 aliphatic heterocycles. The second-order valence-electron chi connectivity index (χ2n) is 7.91. The number of nitrogens with zero attached hydrogens (tertiary/aromatic N) is 1. The van der Waals surface area contributed by atoms with E-state index < -0.39 is 17.3 Å². The van der Waals surface area contributed by atoms with Crippen molar-refractivity contribution in [2.24, 2.45) is 5.92 Å². The molecule has 1 aliphatic carbocycles. The van der Waals surface area contributed by atoms with Crippen molar-refractivity contribution in [1.29, 1.82) is 0 Å². The molecule has 2 unspecified atom stereocenters. The molecule has 0 heterocycles. The maximum absolute atomic E-state index is 13.0. The van der Waals surface area contributed by atoms with Gasteiger partial charge in [0.2, 0.25) is 0 Å². The highest BCUT2D eigenvalue weighted by atomic mass is 35.5. The largest absolute Gasteiger partial charge is 0.416 e. The van der Waals surface area contributed by atoms with Crippen LogP contribution in [0.1, 0.15) is 36.0 Å². The molecule has 1 N–H and O–H groups in total. The minimum absolute atomic E-state index is 0.124. The Labute approximate surface area is 174 Å². The van der Waals surface area contributed by atoms with Gasteiger partial charge in [-0.25, -0.2) is 0 Å². The Bertz CT molecular complexity index is 859. The highest BCUT2D eigenvalue weighted by molar-refractivity contribution is 6.30. The number of alkyl halides is 3. The van der Waals surface area contributed by atoms with Crippen LogP contribution in [0.5, 0.6) is 0 Å². The fraction of sp³-hybridized carbons (Fsp3) is 0.391. The summed E-state index contributed by atoms with van der Waals surface area (Å²) >= 11 is 5.97. The zero-order chi connectivity index (χ0) is 21.2. The minimum Gasteiger partial charge on any atom is -0.380 e. The van der Waals surface area contributed by atoms with E-state index in [2.05, 4.69) is 0 Å². The highest BCUT2D eigenvalue weighted by Crippen LogP contribution is 2.47. The van der Waals surface area contributed by atoms with Crippen molar-refractivity contribution in [3.05, 3.63) is 75.8 Å². The van der Waals surface area contributed by atoms with Crippen molar-refractivity contribution in [2.45, 2.75) is 31.0 Å². The summed E-state index contributed by atoms with van der Waals surface area (Å²) in [5.41, 5.74) is 0.176. The molecule has 0 aromatic heterocycles. The van der Waals surface area contributed by atoms with Gasteiger partial charge in [-0.2, -0.15) is 13.2 Å². The molecule has 1 aliphatic rings. The van der Waals surface area contributed by atoms with Gasteiger partial charge in [-0.15, -0.1) is 0 Å². The summed E-state index contributed by atoms with van der Waals surface area (Å²) in [6, 6.07) is 12.2. The van der Waals surface area contributed by atoms with Gasteiger partial charge in [0.15, 0.2) is 0 Å². The Kier molecular flexibility index (Phi) is 6.42. The van der Waals surface area contributed by atoms with E-state index in [1.807, 2.05) is 37.2 Å². The molecule has 1 fully saturated rings. The fourth-order valence-corrected chi connectivity index (χ4v) is 4.27. The topological polar surface area (TPSA) is 23.5 Å². The van der Waals surface area contributed by atoms with Crippen LogP contribution in [0.15, 0.2) is 54.1 Å². The average molecular weight is 424 g/mol. The van der Waals surface area contributed by atoms with Crippen molar-refractivity contribution < 1.29 is 18.3 Å². The first-order valence-corrected chi connectivity index (χ1v) is 10.00. The average Bonchev–Trinajstić information content (AvgIpc) is 2.66. The smallest absolute Gasteiger partial charge is 0.380 e. The molecular weight excluding hydrogens is 399 g/mol. The maximum Gasteiger partial charge on any atom is 0.416 e. The lowest BCUT2D eigenvalue weighted by atomic mass is 9.67. The first-order chi connectivity index (χ1) is 13.6. The van der Waals surface area contributed by atoms with E-state index >= 15 is 0 Å². The molecule has 0 saturated heterocycles. The van der Waals surface area contributed by atoms with Crippen molar-refractivity contribution in [3.63, 3.8) is 0 Å². The zero-order valence-corrected chi connectivity index (χ0v) is 17.3. The molecule has 0 amide bonds. The normalized spacial score (nSPS) is 24.3. The summed E-state index contributed by atoms with van der Waals surface area (Å²) in [5.74, 6) is -0.124. The van der Waals surface area contributed by atoms with Crippen LogP contribution in [-0.2, 0) is 11.8 Å². The Morgan fingerprint density at radius 1 is 1.10 bits per heavy atom. The van der Waals surface area contributed by atoms with Gasteiger partial charge in [0.1, 0.15) is 5.60 Å². The maximum atomic E-state index is 13.0. The van der Waals surface area contributed by atoms with Gasteiger partial charge in [-0.05, 0) is 74.3 Å². The van der Waals surface area contributed by atoms with Crippen LogP contribution in [0.4, 0.5) is 13.2 Å². The van der Waals surface area contributed by atoms with Gasteiger partial charge in [-0.3, -0.25) is 0 Å². The first-order valence-electron chi connectivity index (χ1n) is 9.62. The Hall–Kier alpha value is -1.82. The monoisotopic (exact) mass is 423 g/mol. The molecule has 1 saturated carbocycles. The number of halogens is 4. The lowest BCUT2D eigenvalue weighted by Crippen LogP contribution is -2.44. The molecule has 29 heavy (non-hydrogen) atoms. The van der Waals surface area contributed by atoms with Crippen LogP contribution in [0.25, 0.3) is 6.08 Å². The standard InChI is InChI=1S/C23H25ClF3NO/c1-28(2)15-20-5-3-4-19(14-16-6-12-21(24)13-7-16)22(20,29)17-8-10-18(11-9-17)23(25,26)27/h6-14,20,29H,3-5,15H2,1-2H3/b19-14+. The van der Waals surface area contributed by atoms with Gasteiger partial charge in [0, 0.05) is 17.5 Å². The van der Waals surface area contributed by atoms with E-state index in [9.17, 15) is 18.3 Å². The fourth-order valence-electron chi connectivity index (χ4n) is 4.14. The number of hydrogen-bond acceptors (Lipinski definition) is 2. The predicted octanol–water partition coefficient (Wildman–Crippen LogP) is 5.99. The number of rotatable bonds is 4. The molecule has 2 aromatic rings. The van der Waals surface area contributed by atoms with Crippen LogP contribution >= 0.6 is 11.6 Å². The Morgan fingerprint density at radius 2 is 1.72 bits per heavy atom. The molecule has 2 nitrogen and oxygen atoms in total. The van der Waals surface area contributed by atoms with Gasteiger partial charge >= 0.3 is 6.18 Å². The minimum atomic E-state index is -4.40. The predicted molar refractivity (Wildman–Crippen MR) is 111 cm³/mol. The van der Waals surface area contributed by atoms with Crippen LogP contribution in [0, 0.1) is 5.92 Å². The molecule has 0 radical (unpaired) electrons. The van der Waals surface area contributed by atoms with Gasteiger partial charge in [-0.1, -0.05) is 41.9 Å². The van der Waals surface area contributed by atoms with Crippen molar-refractivity contribution in [2.75, 3.05) is 20.6 Å². The van der Waals surface area contributed by atoms with E-state index in [0.29, 0.717) is 23.6 Å². The lowest BCUT2D eigenvalue weighted by molar-refractivity contribution is -0.137. The van der Waals surface area contributed by atoms with E-state index in [4.69, 9.17) is 11.6 Å². The SMILES string of the molecule is CN(C)CC1CCC/C(=C\c2ccc(Cl)cc2)C1(O)c1ccc(C(F)(F)F)cc1. The molecule has 3 rings (SSSR count). The molecule has 2 aromatic carbocycles. The summed E-state index contributed by atoms with van der Waals surface area (Å²) in [6.45, 7) is 0.634. The van der Waals surface area contributed by atoms with Crippen molar-refractivity contribution in [3.8, 4) is 0 Å². The number of aliphatic hydroxyl groups is 1. The van der Waals surface area contributed by atoms with Gasteiger partial charge in [0.05, 0.1) is 5.56 Å². The summed E-state index contributed by atoms with van der Waals surface area (Å²) in [5, 5.41) is 12.5. The van der Waals surface area contributed by atoms with Crippen LogP contribution in [0.3, 0.4) is 0 Å². The van der Waals surface area contributed by atoms with Gasteiger partial charge in [0.25, 0.3) is 0 Å². The van der Waals surface area contributed by atoms with Crippen LogP contribution in [-0.4, -0.2) is 30.6 Å². The van der Waals surface area contributed by atoms with E-state index in [1.165, 1.54) is 12.1 Å². The molecule has 156 valence electrons. The van der Waals surface area contributed by atoms with Crippen LogP contribution < -0.4 is 0 Å².